The first-order valence-corrected chi connectivity index (χ1v) is 8.86. The standard InChI is InChI=1S/C19H27N5O.HI/c1-20-19(21-12-16-7-6-10-18(16)25)23(2)13-15-11-22-24(14-15)17-8-4-3-5-9-17;/h3-5,8-9,11,14,16,18,25H,6-7,10,12-13H2,1-2H3,(H,20,21);1H. The molecule has 0 spiro atoms. The minimum Gasteiger partial charge on any atom is -0.393 e. The minimum atomic E-state index is -0.181. The lowest BCUT2D eigenvalue weighted by Crippen LogP contribution is -2.41. The second-order valence-electron chi connectivity index (χ2n) is 6.67. The summed E-state index contributed by atoms with van der Waals surface area (Å²) in [5, 5.41) is 17.8. The number of hydrogen-bond donors (Lipinski definition) is 2. The van der Waals surface area contributed by atoms with Crippen LogP contribution in [-0.4, -0.2) is 52.5 Å². The fraction of sp³-hybridized carbons (Fsp3) is 0.474. The zero-order chi connectivity index (χ0) is 17.6. The van der Waals surface area contributed by atoms with E-state index in [-0.39, 0.29) is 30.1 Å². The van der Waals surface area contributed by atoms with E-state index < -0.39 is 0 Å². The van der Waals surface area contributed by atoms with Gasteiger partial charge in [-0.3, -0.25) is 4.99 Å². The summed E-state index contributed by atoms with van der Waals surface area (Å²) in [7, 11) is 3.80. The van der Waals surface area contributed by atoms with Gasteiger partial charge in [-0.2, -0.15) is 5.10 Å². The van der Waals surface area contributed by atoms with Crippen molar-refractivity contribution in [2.45, 2.75) is 31.9 Å². The van der Waals surface area contributed by atoms with Gasteiger partial charge < -0.3 is 15.3 Å². The van der Waals surface area contributed by atoms with Gasteiger partial charge in [-0.05, 0) is 25.0 Å². The molecular weight excluding hydrogens is 441 g/mol. The maximum Gasteiger partial charge on any atom is 0.193 e. The highest BCUT2D eigenvalue weighted by atomic mass is 127. The Morgan fingerprint density at radius 1 is 1.35 bits per heavy atom. The molecule has 1 fully saturated rings. The molecule has 142 valence electrons. The maximum atomic E-state index is 9.95. The van der Waals surface area contributed by atoms with Crippen molar-refractivity contribution in [3.8, 4) is 5.69 Å². The van der Waals surface area contributed by atoms with Gasteiger partial charge in [-0.1, -0.05) is 24.6 Å². The Morgan fingerprint density at radius 2 is 2.12 bits per heavy atom. The topological polar surface area (TPSA) is 65.7 Å². The lowest BCUT2D eigenvalue weighted by molar-refractivity contribution is 0.134. The summed E-state index contributed by atoms with van der Waals surface area (Å²) in [4.78, 5) is 6.43. The number of rotatable bonds is 5. The number of halogens is 1. The predicted octanol–water partition coefficient (Wildman–Crippen LogP) is 2.66. The second-order valence-corrected chi connectivity index (χ2v) is 6.67. The molecule has 1 aromatic carbocycles. The fourth-order valence-corrected chi connectivity index (χ4v) is 3.37. The smallest absolute Gasteiger partial charge is 0.193 e. The van der Waals surface area contributed by atoms with Crippen LogP contribution >= 0.6 is 24.0 Å². The van der Waals surface area contributed by atoms with Crippen LogP contribution in [0, 0.1) is 5.92 Å². The van der Waals surface area contributed by atoms with Crippen molar-refractivity contribution in [2.75, 3.05) is 20.6 Å². The summed E-state index contributed by atoms with van der Waals surface area (Å²) >= 11 is 0. The molecule has 1 saturated carbocycles. The normalized spacial score (nSPS) is 19.9. The number of benzene rings is 1. The highest BCUT2D eigenvalue weighted by Crippen LogP contribution is 2.24. The average molecular weight is 469 g/mol. The molecule has 1 aromatic heterocycles. The van der Waals surface area contributed by atoms with E-state index in [0.29, 0.717) is 5.92 Å². The quantitative estimate of drug-likeness (QED) is 0.402. The van der Waals surface area contributed by atoms with Crippen molar-refractivity contribution in [3.05, 3.63) is 48.3 Å². The zero-order valence-electron chi connectivity index (χ0n) is 15.4. The molecule has 1 aliphatic rings. The molecule has 0 amide bonds. The Kier molecular flexibility index (Phi) is 7.89. The molecule has 0 bridgehead atoms. The molecule has 0 saturated heterocycles. The van der Waals surface area contributed by atoms with Gasteiger partial charge in [0.2, 0.25) is 0 Å². The van der Waals surface area contributed by atoms with Crippen molar-refractivity contribution in [3.63, 3.8) is 0 Å². The van der Waals surface area contributed by atoms with Crippen molar-refractivity contribution < 1.29 is 5.11 Å². The van der Waals surface area contributed by atoms with Crippen molar-refractivity contribution in [1.29, 1.82) is 0 Å². The molecule has 0 aliphatic heterocycles. The third kappa shape index (κ3) is 5.20. The predicted molar refractivity (Wildman–Crippen MR) is 115 cm³/mol. The number of aromatic nitrogens is 2. The van der Waals surface area contributed by atoms with Crippen LogP contribution in [0.4, 0.5) is 0 Å². The molecule has 26 heavy (non-hydrogen) atoms. The van der Waals surface area contributed by atoms with Crippen LogP contribution in [0.2, 0.25) is 0 Å². The molecule has 2 aromatic rings. The number of hydrogen-bond acceptors (Lipinski definition) is 3. The van der Waals surface area contributed by atoms with Crippen LogP contribution in [0.25, 0.3) is 5.69 Å². The van der Waals surface area contributed by atoms with Crippen molar-refractivity contribution >= 4 is 29.9 Å². The van der Waals surface area contributed by atoms with E-state index in [1.807, 2.05) is 54.5 Å². The van der Waals surface area contributed by atoms with Crippen LogP contribution < -0.4 is 5.32 Å². The number of aliphatic hydroxyl groups excluding tert-OH is 1. The lowest BCUT2D eigenvalue weighted by Gasteiger charge is -2.24. The Morgan fingerprint density at radius 3 is 2.77 bits per heavy atom. The van der Waals surface area contributed by atoms with E-state index in [1.165, 1.54) is 0 Å². The van der Waals surface area contributed by atoms with Crippen LogP contribution in [0.1, 0.15) is 24.8 Å². The monoisotopic (exact) mass is 469 g/mol. The van der Waals surface area contributed by atoms with Gasteiger partial charge in [0.1, 0.15) is 0 Å². The summed E-state index contributed by atoms with van der Waals surface area (Å²) in [5.41, 5.74) is 2.17. The first-order chi connectivity index (χ1) is 12.2. The largest absolute Gasteiger partial charge is 0.393 e. The second kappa shape index (κ2) is 9.91. The highest BCUT2D eigenvalue weighted by Gasteiger charge is 2.25. The summed E-state index contributed by atoms with van der Waals surface area (Å²) < 4.78 is 1.88. The van der Waals surface area contributed by atoms with E-state index in [0.717, 1.165) is 49.6 Å². The molecule has 2 unspecified atom stereocenters. The third-order valence-corrected chi connectivity index (χ3v) is 4.79. The van der Waals surface area contributed by atoms with Crippen molar-refractivity contribution in [1.82, 2.24) is 20.0 Å². The number of guanidine groups is 1. The SMILES string of the molecule is CN=C(NCC1CCCC1O)N(C)Cc1cnn(-c2ccccc2)c1.I. The van der Waals surface area contributed by atoms with Gasteiger partial charge >= 0.3 is 0 Å². The van der Waals surface area contributed by atoms with E-state index >= 15 is 0 Å². The molecule has 2 N–H and O–H groups in total. The molecule has 1 aliphatic carbocycles. The zero-order valence-corrected chi connectivity index (χ0v) is 17.7. The van der Waals surface area contributed by atoms with Gasteiger partial charge in [0.05, 0.1) is 18.0 Å². The number of nitrogens with zero attached hydrogens (tertiary/aromatic N) is 4. The van der Waals surface area contributed by atoms with Crippen LogP contribution in [0.5, 0.6) is 0 Å². The fourth-order valence-electron chi connectivity index (χ4n) is 3.37. The van der Waals surface area contributed by atoms with E-state index in [1.54, 1.807) is 7.05 Å². The van der Waals surface area contributed by atoms with E-state index in [9.17, 15) is 5.11 Å². The number of aliphatic imine (C=N–C) groups is 1. The lowest BCUT2D eigenvalue weighted by atomic mass is 10.1. The average Bonchev–Trinajstić information content (AvgIpc) is 3.25. The Labute approximate surface area is 172 Å². The minimum absolute atomic E-state index is 0. The Hall–Kier alpha value is -1.61. The van der Waals surface area contributed by atoms with Gasteiger partial charge in [0.25, 0.3) is 0 Å². The van der Waals surface area contributed by atoms with Crippen LogP contribution in [-0.2, 0) is 6.54 Å². The number of aliphatic hydroxyl groups is 1. The summed E-state index contributed by atoms with van der Waals surface area (Å²) in [6.07, 6.45) is 6.86. The number of nitrogens with one attached hydrogen (secondary N) is 1. The molecule has 1 heterocycles. The summed E-state index contributed by atoms with van der Waals surface area (Å²) in [6, 6.07) is 10.1. The summed E-state index contributed by atoms with van der Waals surface area (Å²) in [6.45, 7) is 1.49. The van der Waals surface area contributed by atoms with Gasteiger partial charge in [-0.15, -0.1) is 24.0 Å². The van der Waals surface area contributed by atoms with Crippen LogP contribution in [0.3, 0.4) is 0 Å². The highest BCUT2D eigenvalue weighted by molar-refractivity contribution is 14.0. The maximum absolute atomic E-state index is 9.95. The molecule has 6 nitrogen and oxygen atoms in total. The molecule has 0 radical (unpaired) electrons. The van der Waals surface area contributed by atoms with Gasteiger partial charge in [0, 0.05) is 44.9 Å². The molecule has 7 heteroatoms. The van der Waals surface area contributed by atoms with Gasteiger partial charge in [-0.25, -0.2) is 4.68 Å². The van der Waals surface area contributed by atoms with Crippen molar-refractivity contribution in [2.24, 2.45) is 10.9 Å². The van der Waals surface area contributed by atoms with Gasteiger partial charge in [0.15, 0.2) is 5.96 Å². The molecule has 2 atom stereocenters. The van der Waals surface area contributed by atoms with E-state index in [2.05, 4.69) is 20.3 Å². The Balaban J connectivity index is 0.00000243. The first kappa shape index (κ1) is 20.7. The molecule has 3 rings (SSSR count). The first-order valence-electron chi connectivity index (χ1n) is 8.86. The summed E-state index contributed by atoms with van der Waals surface area (Å²) in [5.74, 6) is 1.16. The molecular formula is C19H28IN5O. The number of para-hydroxylation sites is 1. The van der Waals surface area contributed by atoms with Crippen LogP contribution in [0.15, 0.2) is 47.7 Å². The van der Waals surface area contributed by atoms with E-state index in [4.69, 9.17) is 0 Å². The Bertz CT molecular complexity index is 703. The third-order valence-electron chi connectivity index (χ3n) is 4.79.